The van der Waals surface area contributed by atoms with Crippen molar-refractivity contribution in [2.75, 3.05) is 24.3 Å². The molecular formula is C18H30N8Na2O14S3. The Bertz CT molecular complexity index is 1470. The van der Waals surface area contributed by atoms with Gasteiger partial charge < -0.3 is 63.9 Å². The molecule has 2 aromatic heterocycles. The second-order valence-corrected chi connectivity index (χ2v) is 10.1. The average molecular weight is 725 g/mol. The van der Waals surface area contributed by atoms with Crippen molar-refractivity contribution in [2.24, 2.45) is 17.2 Å². The van der Waals surface area contributed by atoms with Crippen LogP contribution in [0.15, 0.2) is 41.5 Å². The quantitative estimate of drug-likeness (QED) is 0.0487. The van der Waals surface area contributed by atoms with Crippen LogP contribution in [0.1, 0.15) is 5.69 Å². The number of hydrogen-bond acceptors (Lipinski definition) is 15. The fourth-order valence-electron chi connectivity index (χ4n) is 3.36. The molecule has 0 aromatic carbocycles. The Kier molecular flexibility index (Phi) is 28.9. The predicted molar refractivity (Wildman–Crippen MR) is 153 cm³/mol. The van der Waals surface area contributed by atoms with Gasteiger partial charge in [-0.1, -0.05) is 16.9 Å². The molecule has 0 aliphatic carbocycles. The topological polar surface area (TPSA) is 445 Å². The number of carbonyl (C=O) groups is 2. The van der Waals surface area contributed by atoms with Crippen LogP contribution in [-0.2, 0) is 21.5 Å². The third kappa shape index (κ3) is 11.7. The van der Waals surface area contributed by atoms with Gasteiger partial charge in [0.2, 0.25) is 0 Å². The number of nitrogens with one attached hydrogen (secondary N) is 1. The van der Waals surface area contributed by atoms with Gasteiger partial charge in [-0.3, -0.25) is 34.1 Å². The number of aryl methyl sites for hydroxylation is 1. The Morgan fingerprint density at radius 3 is 2.24 bits per heavy atom. The summed E-state index contributed by atoms with van der Waals surface area (Å²) in [4.78, 5) is 65.0. The van der Waals surface area contributed by atoms with Crippen molar-refractivity contribution in [1.29, 1.82) is 0 Å². The van der Waals surface area contributed by atoms with E-state index >= 15 is 0 Å². The van der Waals surface area contributed by atoms with Crippen LogP contribution in [0.5, 0.6) is 0 Å². The first-order valence-corrected chi connectivity index (χ1v) is 12.8. The smallest absolute Gasteiger partial charge is 0.857 e. The van der Waals surface area contributed by atoms with E-state index in [9.17, 15) is 29.4 Å². The summed E-state index contributed by atoms with van der Waals surface area (Å²) in [7, 11) is 2.70. The molecule has 0 saturated carbocycles. The van der Waals surface area contributed by atoms with Crippen LogP contribution < -0.4 is 86.2 Å². The Balaban J connectivity index is -0.000000422. The van der Waals surface area contributed by atoms with Crippen molar-refractivity contribution in [2.45, 2.75) is 16.6 Å². The first-order chi connectivity index (χ1) is 17.1. The van der Waals surface area contributed by atoms with E-state index in [0.717, 1.165) is 28.0 Å². The van der Waals surface area contributed by atoms with Gasteiger partial charge in [-0.2, -0.15) is 4.98 Å². The largest absolute Gasteiger partial charge is 1.00 e. The zero-order chi connectivity index (χ0) is 26.1. The molecule has 4 heterocycles. The maximum atomic E-state index is 12.9. The molecular weight excluding hydrogens is 694 g/mol. The van der Waals surface area contributed by atoms with Gasteiger partial charge in [0.25, 0.3) is 5.91 Å². The van der Waals surface area contributed by atoms with E-state index in [2.05, 4.69) is 25.2 Å². The first-order valence-electron chi connectivity index (χ1n) is 9.88. The number of β-lactam (4-membered cyclic amide) rings is 1. The van der Waals surface area contributed by atoms with Gasteiger partial charge in [0.1, 0.15) is 23.9 Å². The van der Waals surface area contributed by atoms with E-state index in [0.29, 0.717) is 5.57 Å². The summed E-state index contributed by atoms with van der Waals surface area (Å²) >= 11 is 3.29. The number of aliphatic imine (C=N–C) groups is 1. The Morgan fingerprint density at radius 1 is 1.13 bits per heavy atom. The van der Waals surface area contributed by atoms with E-state index in [-0.39, 0.29) is 136 Å². The summed E-state index contributed by atoms with van der Waals surface area (Å²) in [6, 6.07) is -1.15. The fraction of sp³-hybridized carbons (Fsp3) is 0.333. The number of amides is 1. The number of fused-ring (bicyclic) bond motifs is 1. The molecule has 1 saturated heterocycles. The van der Waals surface area contributed by atoms with E-state index in [1.54, 1.807) is 0 Å². The molecule has 4 rings (SSSR count). The molecule has 2 aromatic rings. The molecule has 2 atom stereocenters. The van der Waals surface area contributed by atoms with Gasteiger partial charge in [-0.05, 0) is 5.57 Å². The number of carboxylic acids is 1. The predicted octanol–water partition coefficient (Wildman–Crippen LogP) is -15.1. The molecule has 0 spiro atoms. The van der Waals surface area contributed by atoms with Crippen LogP contribution in [0.3, 0.4) is 0 Å². The van der Waals surface area contributed by atoms with Gasteiger partial charge >= 0.3 is 70.2 Å². The number of H-pyrrole nitrogens is 1. The number of thioether (sulfide) groups is 2. The molecule has 0 radical (unpaired) electrons. The first kappa shape index (κ1) is 55.5. The van der Waals surface area contributed by atoms with Gasteiger partial charge in [0, 0.05) is 29.8 Å². The average Bonchev–Trinajstić information content (AvgIpc) is 3.27. The number of oxime groups is 1. The monoisotopic (exact) mass is 724 g/mol. The van der Waals surface area contributed by atoms with Crippen molar-refractivity contribution in [3.63, 3.8) is 0 Å². The Morgan fingerprint density at radius 2 is 1.73 bits per heavy atom. The minimum atomic E-state index is -1.57. The Labute approximate surface area is 308 Å². The van der Waals surface area contributed by atoms with Gasteiger partial charge in [0.15, 0.2) is 16.3 Å². The van der Waals surface area contributed by atoms with Crippen molar-refractivity contribution in [3.05, 3.63) is 43.1 Å². The van der Waals surface area contributed by atoms with Gasteiger partial charge in [-0.25, -0.2) is 4.98 Å². The third-order valence-corrected chi connectivity index (χ3v) is 8.06. The second kappa shape index (κ2) is 23.4. The summed E-state index contributed by atoms with van der Waals surface area (Å²) in [5, 5.41) is 31.7. The molecule has 0 unspecified atom stereocenters. The molecule has 2 aliphatic rings. The van der Waals surface area contributed by atoms with Crippen LogP contribution in [0.4, 0.5) is 5.13 Å². The fourth-order valence-corrected chi connectivity index (χ4v) is 6.29. The Hall–Kier alpha value is -1.92. The number of thiazole rings is 1. The number of nitrogen functional groups attached to an aromatic ring is 1. The number of carbonyl (C=O) groups excluding carboxylic acids is 2. The molecule has 1 fully saturated rings. The van der Waals surface area contributed by atoms with Crippen molar-refractivity contribution < 1.29 is 122 Å². The van der Waals surface area contributed by atoms with Crippen molar-refractivity contribution in [3.8, 4) is 0 Å². The number of nitrogens with two attached hydrogens (primary N) is 1. The standard InChI is InChI=1S/C18H18N8O7S3.2Na.7H2O/c1-25-18(22-12(28)13(29)23-25)36-4-6-3-34-15-9(14(30)26(15)10(6)16(31)32)21-11(27)8(24-33-2)7-5-35-17(19)20-7;;;;;;;;;/h5,9,15H,3-4H2,1-2H3,(H2,19,20)(H,21,27)(H,23,29)(H,31,32);;;7*1H2/q;2*+1;;;;;;;/p-2/b24-8+;;;;;;;;;/t9-,15-;;;;;;;;;/m1........./s1. The zero-order valence-corrected chi connectivity index (χ0v) is 30.4. The van der Waals surface area contributed by atoms with Crippen LogP contribution in [0.2, 0.25) is 0 Å². The van der Waals surface area contributed by atoms with Crippen molar-refractivity contribution >= 4 is 63.5 Å². The normalized spacial score (nSPS) is 16.2. The number of aromatic amines is 1. The molecule has 1 amide bonds. The maximum absolute atomic E-state index is 12.9. The number of rotatable bonds is 8. The van der Waals surface area contributed by atoms with Crippen LogP contribution >= 0.6 is 34.9 Å². The van der Waals surface area contributed by atoms with Crippen LogP contribution in [0, 0.1) is 0 Å². The summed E-state index contributed by atoms with van der Waals surface area (Å²) in [5.41, 5.74) is 3.64. The third-order valence-electron chi connectivity index (χ3n) is 4.94. The number of nitrogens with zero attached hydrogens (tertiary/aromatic N) is 6. The van der Waals surface area contributed by atoms with Crippen LogP contribution in [0.25, 0.3) is 0 Å². The van der Waals surface area contributed by atoms with Crippen molar-refractivity contribution in [1.82, 2.24) is 24.6 Å². The zero-order valence-electron chi connectivity index (χ0n) is 24.0. The number of hydrogen-bond donors (Lipinski definition) is 2. The summed E-state index contributed by atoms with van der Waals surface area (Å²) in [6.45, 7) is 0. The van der Waals surface area contributed by atoms with E-state index in [1.807, 2.05) is 0 Å². The molecule has 2 aliphatic heterocycles. The molecule has 27 heteroatoms. The molecule has 45 heavy (non-hydrogen) atoms. The van der Waals surface area contributed by atoms with E-state index in [1.165, 1.54) is 36.0 Å². The SMILES string of the molecule is CO/N=C(/C([O-])=N[C@@H]1C(=O)N2C(C(=O)[O-])=C(CSc3nc(=O)c(=O)[nH]n3C)CS[C@H]12)c1csc(N)n1.O.O.O.O.O.O.O.[Na+].[Na+]. The molecule has 0 bridgehead atoms. The summed E-state index contributed by atoms with van der Waals surface area (Å²) in [6.07, 6.45) is 0. The maximum Gasteiger partial charge on any atom is 1.00 e. The minimum absolute atomic E-state index is 0. The number of aliphatic carboxylic acids is 1. The van der Waals surface area contributed by atoms with Gasteiger partial charge in [-0.15, -0.1) is 23.1 Å². The summed E-state index contributed by atoms with van der Waals surface area (Å²) in [5.74, 6) is -2.91. The van der Waals surface area contributed by atoms with E-state index in [4.69, 9.17) is 10.6 Å². The number of carboxylic acid groups (broad SMARTS) is 1. The van der Waals surface area contributed by atoms with E-state index < -0.39 is 40.3 Å². The molecule has 22 nitrogen and oxygen atoms in total. The van der Waals surface area contributed by atoms with Crippen LogP contribution in [-0.4, -0.2) is 116 Å². The number of anilines is 1. The minimum Gasteiger partial charge on any atom is -0.857 e. The second-order valence-electron chi connectivity index (χ2n) is 7.21. The molecule has 246 valence electrons. The molecule has 17 N–H and O–H groups in total. The summed E-state index contributed by atoms with van der Waals surface area (Å²) < 4.78 is 1.23. The van der Waals surface area contributed by atoms with Gasteiger partial charge in [0.05, 0.1) is 11.7 Å². The number of aromatic nitrogens is 4.